The van der Waals surface area contributed by atoms with Crippen molar-refractivity contribution in [1.29, 1.82) is 0 Å². The number of ether oxygens (including phenoxy) is 2. The summed E-state index contributed by atoms with van der Waals surface area (Å²) in [6.07, 6.45) is 0.123. The molecular weight excluding hydrogens is 406 g/mol. The Bertz CT molecular complexity index is 873. The molecule has 6 nitrogen and oxygen atoms in total. The molecule has 174 valence electrons. The Morgan fingerprint density at radius 3 is 2.09 bits per heavy atom. The van der Waals surface area contributed by atoms with Gasteiger partial charge in [-0.25, -0.2) is 4.79 Å². The fraction of sp³-hybridized carbons (Fsp3) is 0.462. The molecule has 0 fully saturated rings. The minimum Gasteiger partial charge on any atom is -0.466 e. The normalized spacial score (nSPS) is 14.2. The van der Waals surface area contributed by atoms with Crippen LogP contribution in [0.5, 0.6) is 0 Å². The van der Waals surface area contributed by atoms with Crippen molar-refractivity contribution in [2.75, 3.05) is 13.2 Å². The quantitative estimate of drug-likeness (QED) is 0.549. The maximum absolute atomic E-state index is 12.5. The van der Waals surface area contributed by atoms with Crippen LogP contribution in [0.15, 0.2) is 54.6 Å². The Balaban J connectivity index is 2.21. The molecule has 2 rings (SSSR count). The number of aliphatic hydroxyl groups excluding tert-OH is 1. The Labute approximate surface area is 190 Å². The SMILES string of the molecule is CCOC(=O)[C@](C)(CO)C[C@@H](Cc1ccc(-c2ccccc2)cc1)NC(=O)OC(C)(C)C. The number of aliphatic hydroxyl groups is 1. The first-order chi connectivity index (χ1) is 15.1. The van der Waals surface area contributed by atoms with Crippen molar-refractivity contribution < 1.29 is 24.2 Å². The van der Waals surface area contributed by atoms with E-state index in [1.165, 1.54) is 0 Å². The van der Waals surface area contributed by atoms with Crippen LogP contribution in [-0.2, 0) is 20.7 Å². The van der Waals surface area contributed by atoms with Gasteiger partial charge in [-0.2, -0.15) is 0 Å². The molecule has 0 aliphatic rings. The Morgan fingerprint density at radius 1 is 0.969 bits per heavy atom. The highest BCUT2D eigenvalue weighted by molar-refractivity contribution is 5.77. The zero-order valence-corrected chi connectivity index (χ0v) is 19.7. The van der Waals surface area contributed by atoms with E-state index in [-0.39, 0.29) is 19.6 Å². The summed E-state index contributed by atoms with van der Waals surface area (Å²) in [5, 5.41) is 12.8. The second-order valence-corrected chi connectivity index (χ2v) is 9.25. The van der Waals surface area contributed by atoms with E-state index in [4.69, 9.17) is 9.47 Å². The van der Waals surface area contributed by atoms with Crippen LogP contribution in [0.4, 0.5) is 4.79 Å². The van der Waals surface area contributed by atoms with Gasteiger partial charge >= 0.3 is 12.1 Å². The van der Waals surface area contributed by atoms with Crippen molar-refractivity contribution in [1.82, 2.24) is 5.32 Å². The molecule has 6 heteroatoms. The van der Waals surface area contributed by atoms with Gasteiger partial charge in [-0.1, -0.05) is 54.6 Å². The molecule has 0 saturated carbocycles. The monoisotopic (exact) mass is 441 g/mol. The molecule has 2 aromatic rings. The molecule has 1 amide bonds. The first-order valence-electron chi connectivity index (χ1n) is 11.0. The predicted molar refractivity (Wildman–Crippen MR) is 125 cm³/mol. The summed E-state index contributed by atoms with van der Waals surface area (Å²) in [6, 6.07) is 17.7. The average molecular weight is 442 g/mol. The summed E-state index contributed by atoms with van der Waals surface area (Å²) >= 11 is 0. The molecule has 0 unspecified atom stereocenters. The molecule has 0 heterocycles. The van der Waals surface area contributed by atoms with E-state index in [0.717, 1.165) is 16.7 Å². The summed E-state index contributed by atoms with van der Waals surface area (Å²) in [5.41, 5.74) is 1.43. The van der Waals surface area contributed by atoms with E-state index in [2.05, 4.69) is 5.32 Å². The Hall–Kier alpha value is -2.86. The number of carbonyl (C=O) groups excluding carboxylic acids is 2. The minimum atomic E-state index is -1.14. The van der Waals surface area contributed by atoms with Crippen LogP contribution in [0, 0.1) is 5.41 Å². The number of hydrogen-bond donors (Lipinski definition) is 2. The average Bonchev–Trinajstić information content (AvgIpc) is 2.73. The number of amides is 1. The number of hydrogen-bond acceptors (Lipinski definition) is 5. The summed E-state index contributed by atoms with van der Waals surface area (Å²) in [4.78, 5) is 24.9. The van der Waals surface area contributed by atoms with E-state index >= 15 is 0 Å². The van der Waals surface area contributed by atoms with Crippen molar-refractivity contribution >= 4 is 12.1 Å². The largest absolute Gasteiger partial charge is 0.466 e. The molecule has 0 aliphatic carbocycles. The predicted octanol–water partition coefficient (Wildman–Crippen LogP) is 4.74. The zero-order valence-electron chi connectivity index (χ0n) is 19.7. The van der Waals surface area contributed by atoms with Gasteiger partial charge in [0.25, 0.3) is 0 Å². The number of benzene rings is 2. The lowest BCUT2D eigenvalue weighted by Crippen LogP contribution is -2.46. The topological polar surface area (TPSA) is 84.9 Å². The first kappa shape index (κ1) is 25.4. The lowest BCUT2D eigenvalue weighted by atomic mass is 9.82. The fourth-order valence-electron chi connectivity index (χ4n) is 3.46. The number of esters is 1. The van der Waals surface area contributed by atoms with Gasteiger partial charge in [0, 0.05) is 6.04 Å². The summed E-state index contributed by atoms with van der Waals surface area (Å²) < 4.78 is 10.6. The van der Waals surface area contributed by atoms with E-state index in [1.807, 2.05) is 54.6 Å². The summed E-state index contributed by atoms with van der Waals surface area (Å²) in [6.45, 7) is 8.58. The van der Waals surface area contributed by atoms with Crippen molar-refractivity contribution in [3.63, 3.8) is 0 Å². The van der Waals surface area contributed by atoms with Crippen LogP contribution in [-0.4, -0.2) is 42.0 Å². The Morgan fingerprint density at radius 2 is 1.56 bits per heavy atom. The molecule has 32 heavy (non-hydrogen) atoms. The summed E-state index contributed by atoms with van der Waals surface area (Å²) in [7, 11) is 0. The van der Waals surface area contributed by atoms with Crippen molar-refractivity contribution in [3.05, 3.63) is 60.2 Å². The lowest BCUT2D eigenvalue weighted by Gasteiger charge is -2.31. The van der Waals surface area contributed by atoms with Crippen molar-refractivity contribution in [2.24, 2.45) is 5.41 Å². The third-order valence-corrected chi connectivity index (χ3v) is 5.08. The van der Waals surface area contributed by atoms with Crippen LogP contribution in [0.3, 0.4) is 0 Å². The number of alkyl carbamates (subject to hydrolysis) is 1. The number of rotatable bonds is 9. The van der Waals surface area contributed by atoms with Gasteiger partial charge in [0.15, 0.2) is 0 Å². The van der Waals surface area contributed by atoms with Gasteiger partial charge in [-0.05, 0) is 64.2 Å². The number of nitrogens with one attached hydrogen (secondary N) is 1. The van der Waals surface area contributed by atoms with E-state index in [9.17, 15) is 14.7 Å². The van der Waals surface area contributed by atoms with Crippen LogP contribution in [0.2, 0.25) is 0 Å². The highest BCUT2D eigenvalue weighted by Crippen LogP contribution is 2.27. The number of carbonyl (C=O) groups is 2. The van der Waals surface area contributed by atoms with E-state index in [1.54, 1.807) is 34.6 Å². The second-order valence-electron chi connectivity index (χ2n) is 9.25. The zero-order chi connectivity index (χ0) is 23.8. The van der Waals surface area contributed by atoms with Crippen LogP contribution in [0.1, 0.15) is 46.6 Å². The molecule has 0 aromatic heterocycles. The highest BCUT2D eigenvalue weighted by Gasteiger charge is 2.37. The van der Waals surface area contributed by atoms with Gasteiger partial charge in [0.05, 0.1) is 18.6 Å². The lowest BCUT2D eigenvalue weighted by molar-refractivity contribution is -0.157. The van der Waals surface area contributed by atoms with Crippen LogP contribution in [0.25, 0.3) is 11.1 Å². The third kappa shape index (κ3) is 7.68. The first-order valence-corrected chi connectivity index (χ1v) is 11.0. The van der Waals surface area contributed by atoms with Gasteiger partial charge in [-0.3, -0.25) is 4.79 Å². The molecule has 2 atom stereocenters. The van der Waals surface area contributed by atoms with E-state index in [0.29, 0.717) is 6.42 Å². The van der Waals surface area contributed by atoms with Crippen molar-refractivity contribution in [3.8, 4) is 11.1 Å². The second kappa shape index (κ2) is 11.1. The minimum absolute atomic E-state index is 0.210. The molecular formula is C26H35NO5. The van der Waals surface area contributed by atoms with Gasteiger partial charge in [-0.15, -0.1) is 0 Å². The molecule has 0 bridgehead atoms. The molecule has 0 radical (unpaired) electrons. The van der Waals surface area contributed by atoms with Crippen LogP contribution < -0.4 is 5.32 Å². The van der Waals surface area contributed by atoms with Crippen molar-refractivity contribution in [2.45, 2.75) is 59.1 Å². The molecule has 2 N–H and O–H groups in total. The maximum Gasteiger partial charge on any atom is 0.407 e. The molecule has 0 aliphatic heterocycles. The van der Waals surface area contributed by atoms with Gasteiger partial charge < -0.3 is 19.9 Å². The molecule has 0 saturated heterocycles. The third-order valence-electron chi connectivity index (χ3n) is 5.08. The molecule has 0 spiro atoms. The van der Waals surface area contributed by atoms with Gasteiger partial charge in [0.1, 0.15) is 5.60 Å². The smallest absolute Gasteiger partial charge is 0.407 e. The van der Waals surface area contributed by atoms with E-state index < -0.39 is 29.1 Å². The van der Waals surface area contributed by atoms with Crippen LogP contribution >= 0.6 is 0 Å². The maximum atomic E-state index is 12.5. The standard InChI is InChI=1S/C26H35NO5/c1-6-31-23(29)26(5,18-28)17-22(27-24(30)32-25(2,3)4)16-19-12-14-21(15-13-19)20-10-8-7-9-11-20/h7-15,22,28H,6,16-18H2,1-5H3,(H,27,30)/t22-,26+/m1/s1. The molecule has 2 aromatic carbocycles. The Kier molecular flexibility index (Phi) is 8.84. The summed E-state index contributed by atoms with van der Waals surface area (Å²) in [5.74, 6) is -0.488. The van der Waals surface area contributed by atoms with Gasteiger partial charge in [0.2, 0.25) is 0 Å². The highest BCUT2D eigenvalue weighted by atomic mass is 16.6. The fourth-order valence-corrected chi connectivity index (χ4v) is 3.46.